The van der Waals surface area contributed by atoms with Crippen molar-refractivity contribution in [2.24, 2.45) is 11.3 Å². The van der Waals surface area contributed by atoms with E-state index in [2.05, 4.69) is 48.3 Å². The molecule has 2 aliphatic heterocycles. The van der Waals surface area contributed by atoms with Crippen LogP contribution in [-0.4, -0.2) is 73.0 Å². The molecule has 1 saturated carbocycles. The Hall–Kier alpha value is -2.32. The summed E-state index contributed by atoms with van der Waals surface area (Å²) in [5.41, 5.74) is 0.500. The van der Waals surface area contributed by atoms with Crippen LogP contribution in [0.25, 0.3) is 0 Å². The van der Waals surface area contributed by atoms with Crippen LogP contribution in [0.15, 0.2) is 18.2 Å². The standard InChI is InChI=1S/C24H34ClN5O3/c1-16-12-23(2,3)15-24(13-16)21(32)30(22(33)27-24)14-20(31)26-18-11-17(25)5-6-19(18)29-9-7-28(4)8-10-29/h5-6,11,16H,7-10,12-15H2,1-4H3,(H,26,31)(H,27,33)/t16-,24-/m0/s1. The molecule has 2 N–H and O–H groups in total. The number of urea groups is 1. The van der Waals surface area contributed by atoms with Gasteiger partial charge in [-0.05, 0) is 55.8 Å². The van der Waals surface area contributed by atoms with E-state index in [4.69, 9.17) is 11.6 Å². The monoisotopic (exact) mass is 475 g/mol. The first-order valence-electron chi connectivity index (χ1n) is 11.7. The van der Waals surface area contributed by atoms with Crippen LogP contribution in [0, 0.1) is 11.3 Å². The molecule has 0 unspecified atom stereocenters. The molecule has 2 atom stereocenters. The van der Waals surface area contributed by atoms with Crippen LogP contribution < -0.4 is 15.5 Å². The van der Waals surface area contributed by atoms with Crippen LogP contribution in [-0.2, 0) is 9.59 Å². The SMILES string of the molecule is C[C@H]1CC(C)(C)C[C@]2(C1)NC(=O)N(CC(=O)Nc1cc(Cl)ccc1N1CCN(C)CC1)C2=O. The number of nitrogens with zero attached hydrogens (tertiary/aromatic N) is 3. The van der Waals surface area contributed by atoms with E-state index in [1.165, 1.54) is 0 Å². The third kappa shape index (κ3) is 4.96. The van der Waals surface area contributed by atoms with Crippen LogP contribution in [0.1, 0.15) is 40.0 Å². The lowest BCUT2D eigenvalue weighted by Gasteiger charge is -2.43. The maximum atomic E-state index is 13.3. The van der Waals surface area contributed by atoms with Gasteiger partial charge in [0.05, 0.1) is 11.4 Å². The van der Waals surface area contributed by atoms with E-state index in [0.717, 1.165) is 43.2 Å². The molecule has 180 valence electrons. The summed E-state index contributed by atoms with van der Waals surface area (Å²) in [6, 6.07) is 4.92. The van der Waals surface area contributed by atoms with Crippen molar-refractivity contribution in [2.75, 3.05) is 50.0 Å². The summed E-state index contributed by atoms with van der Waals surface area (Å²) in [7, 11) is 2.08. The lowest BCUT2D eigenvalue weighted by atomic mass is 9.64. The van der Waals surface area contributed by atoms with Gasteiger partial charge in [-0.3, -0.25) is 14.5 Å². The zero-order chi connectivity index (χ0) is 24.0. The van der Waals surface area contributed by atoms with Crippen molar-refractivity contribution in [3.63, 3.8) is 0 Å². The largest absolute Gasteiger partial charge is 0.367 e. The molecule has 8 nitrogen and oxygen atoms in total. The Kier molecular flexibility index (Phi) is 6.35. The number of imide groups is 1. The number of anilines is 2. The molecule has 33 heavy (non-hydrogen) atoms. The molecule has 3 fully saturated rings. The maximum Gasteiger partial charge on any atom is 0.325 e. The molecule has 4 amide bonds. The minimum absolute atomic E-state index is 0.0585. The fourth-order valence-electron chi connectivity index (χ4n) is 5.91. The summed E-state index contributed by atoms with van der Waals surface area (Å²) in [6.07, 6.45) is 2.18. The molecule has 1 aliphatic carbocycles. The van der Waals surface area contributed by atoms with E-state index < -0.39 is 17.5 Å². The van der Waals surface area contributed by atoms with Crippen LogP contribution >= 0.6 is 11.6 Å². The second-order valence-electron chi connectivity index (χ2n) is 10.8. The van der Waals surface area contributed by atoms with E-state index in [1.54, 1.807) is 12.1 Å². The van der Waals surface area contributed by atoms with Crippen molar-refractivity contribution < 1.29 is 14.4 Å². The van der Waals surface area contributed by atoms with Gasteiger partial charge in [0.1, 0.15) is 12.1 Å². The van der Waals surface area contributed by atoms with E-state index in [-0.39, 0.29) is 17.9 Å². The highest BCUT2D eigenvalue weighted by atomic mass is 35.5. The normalized spacial score (nSPS) is 27.7. The molecule has 0 bridgehead atoms. The van der Waals surface area contributed by atoms with Gasteiger partial charge >= 0.3 is 6.03 Å². The quantitative estimate of drug-likeness (QED) is 0.653. The molecular weight excluding hydrogens is 442 g/mol. The number of rotatable bonds is 4. The number of hydrogen-bond donors (Lipinski definition) is 2. The van der Waals surface area contributed by atoms with Crippen molar-refractivity contribution >= 4 is 40.8 Å². The molecule has 4 rings (SSSR count). The molecular formula is C24H34ClN5O3. The second-order valence-corrected chi connectivity index (χ2v) is 11.2. The second kappa shape index (κ2) is 8.80. The number of amides is 4. The highest BCUT2D eigenvalue weighted by Crippen LogP contribution is 2.46. The number of nitrogens with one attached hydrogen (secondary N) is 2. The average molecular weight is 476 g/mol. The first-order valence-corrected chi connectivity index (χ1v) is 12.0. The molecule has 9 heteroatoms. The first kappa shape index (κ1) is 23.8. The van der Waals surface area contributed by atoms with Crippen molar-refractivity contribution in [2.45, 2.75) is 45.6 Å². The number of likely N-dealkylation sites (N-methyl/N-ethyl adjacent to an activating group) is 1. The zero-order valence-corrected chi connectivity index (χ0v) is 20.7. The lowest BCUT2D eigenvalue weighted by molar-refractivity contribution is -0.136. The van der Waals surface area contributed by atoms with Gasteiger partial charge in [0.2, 0.25) is 5.91 Å². The Morgan fingerprint density at radius 2 is 1.88 bits per heavy atom. The summed E-state index contributed by atoms with van der Waals surface area (Å²) in [5.74, 6) is -0.409. The Labute approximate surface area is 200 Å². The number of carbonyl (C=O) groups excluding carboxylic acids is 3. The van der Waals surface area contributed by atoms with Gasteiger partial charge in [-0.2, -0.15) is 0 Å². The van der Waals surface area contributed by atoms with Crippen molar-refractivity contribution in [3.8, 4) is 0 Å². The van der Waals surface area contributed by atoms with Crippen LogP contribution in [0.3, 0.4) is 0 Å². The molecule has 2 saturated heterocycles. The Morgan fingerprint density at radius 3 is 2.55 bits per heavy atom. The topological polar surface area (TPSA) is 85.0 Å². The molecule has 3 aliphatic rings. The van der Waals surface area contributed by atoms with Gasteiger partial charge < -0.3 is 20.4 Å². The zero-order valence-electron chi connectivity index (χ0n) is 19.9. The molecule has 0 aromatic heterocycles. The summed E-state index contributed by atoms with van der Waals surface area (Å²) in [4.78, 5) is 44.6. The highest BCUT2D eigenvalue weighted by Gasteiger charge is 2.56. The average Bonchev–Trinajstić information content (AvgIpc) is 2.90. The van der Waals surface area contributed by atoms with Crippen LogP contribution in [0.2, 0.25) is 5.02 Å². The molecule has 1 spiro atoms. The fourth-order valence-corrected chi connectivity index (χ4v) is 6.09. The lowest BCUT2D eigenvalue weighted by Crippen LogP contribution is -2.54. The smallest absolute Gasteiger partial charge is 0.325 e. The molecule has 0 radical (unpaired) electrons. The van der Waals surface area contributed by atoms with E-state index in [0.29, 0.717) is 29.5 Å². The number of benzene rings is 1. The Morgan fingerprint density at radius 1 is 1.18 bits per heavy atom. The minimum Gasteiger partial charge on any atom is -0.367 e. The van der Waals surface area contributed by atoms with E-state index >= 15 is 0 Å². The molecule has 1 aromatic rings. The van der Waals surface area contributed by atoms with Gasteiger partial charge in [-0.1, -0.05) is 32.4 Å². The van der Waals surface area contributed by atoms with Gasteiger partial charge in [-0.15, -0.1) is 0 Å². The molecule has 1 aromatic carbocycles. The van der Waals surface area contributed by atoms with Gasteiger partial charge in [-0.25, -0.2) is 4.79 Å². The van der Waals surface area contributed by atoms with Crippen LogP contribution in [0.4, 0.5) is 16.2 Å². The highest BCUT2D eigenvalue weighted by molar-refractivity contribution is 6.31. The third-order valence-electron chi connectivity index (χ3n) is 7.00. The predicted octanol–water partition coefficient (Wildman–Crippen LogP) is 3.17. The summed E-state index contributed by atoms with van der Waals surface area (Å²) >= 11 is 6.21. The predicted molar refractivity (Wildman–Crippen MR) is 130 cm³/mol. The summed E-state index contributed by atoms with van der Waals surface area (Å²) in [5, 5.41) is 6.33. The number of carbonyl (C=O) groups is 3. The number of piperazine rings is 1. The van der Waals surface area contributed by atoms with Gasteiger partial charge in [0.15, 0.2) is 0 Å². The number of halogens is 1. The van der Waals surface area contributed by atoms with Crippen molar-refractivity contribution in [3.05, 3.63) is 23.2 Å². The first-order chi connectivity index (χ1) is 15.5. The molecule has 2 heterocycles. The maximum absolute atomic E-state index is 13.3. The summed E-state index contributed by atoms with van der Waals surface area (Å²) in [6.45, 7) is 9.56. The fraction of sp³-hybridized carbons (Fsp3) is 0.625. The van der Waals surface area contributed by atoms with Gasteiger partial charge in [0.25, 0.3) is 5.91 Å². The van der Waals surface area contributed by atoms with E-state index in [1.807, 2.05) is 6.07 Å². The van der Waals surface area contributed by atoms with Gasteiger partial charge in [0, 0.05) is 31.2 Å². The Balaban J connectivity index is 1.48. The summed E-state index contributed by atoms with van der Waals surface area (Å²) < 4.78 is 0. The Bertz CT molecular complexity index is 959. The van der Waals surface area contributed by atoms with Crippen molar-refractivity contribution in [1.82, 2.24) is 15.1 Å². The van der Waals surface area contributed by atoms with Crippen molar-refractivity contribution in [1.29, 1.82) is 0 Å². The van der Waals surface area contributed by atoms with E-state index in [9.17, 15) is 14.4 Å². The third-order valence-corrected chi connectivity index (χ3v) is 7.24. The minimum atomic E-state index is -0.917. The van der Waals surface area contributed by atoms with Crippen LogP contribution in [0.5, 0.6) is 0 Å². The number of hydrogen-bond acceptors (Lipinski definition) is 5.